The number of aryl methyl sites for hydroxylation is 1. The van der Waals surface area contributed by atoms with Gasteiger partial charge in [0.2, 0.25) is 0 Å². The fraction of sp³-hybridized carbons (Fsp3) is 0.667. The molecular formula is C15H24N2O. The largest absolute Gasteiger partial charge is 0.376 e. The standard InChI is InChI=1S/C15H24N2O/c1-12-6-13(9-17-8-12)10-18-11-15-5-3-2-4-14(15)7-16/h6,8-9,14-15H,2-5,7,10-11,16H2,1H3. The molecule has 0 radical (unpaired) electrons. The Kier molecular flexibility index (Phi) is 5.14. The van der Waals surface area contributed by atoms with E-state index in [2.05, 4.69) is 18.0 Å². The van der Waals surface area contributed by atoms with Crippen LogP contribution < -0.4 is 5.73 Å². The zero-order valence-corrected chi connectivity index (χ0v) is 11.3. The first-order valence-electron chi connectivity index (χ1n) is 6.98. The number of aromatic nitrogens is 1. The molecule has 3 nitrogen and oxygen atoms in total. The van der Waals surface area contributed by atoms with E-state index in [0.717, 1.165) is 18.7 Å². The molecule has 2 unspecified atom stereocenters. The third kappa shape index (κ3) is 3.79. The second-order valence-electron chi connectivity index (χ2n) is 5.43. The summed E-state index contributed by atoms with van der Waals surface area (Å²) in [5, 5.41) is 0. The van der Waals surface area contributed by atoms with Crippen LogP contribution in [-0.4, -0.2) is 18.1 Å². The maximum atomic E-state index is 5.85. The van der Waals surface area contributed by atoms with Crippen LogP contribution >= 0.6 is 0 Å². The van der Waals surface area contributed by atoms with Crippen molar-refractivity contribution in [3.05, 3.63) is 29.6 Å². The second kappa shape index (κ2) is 6.86. The average Bonchev–Trinajstić information content (AvgIpc) is 2.39. The zero-order chi connectivity index (χ0) is 12.8. The Morgan fingerprint density at radius 3 is 2.78 bits per heavy atom. The summed E-state index contributed by atoms with van der Waals surface area (Å²) in [6, 6.07) is 2.13. The van der Waals surface area contributed by atoms with Crippen molar-refractivity contribution < 1.29 is 4.74 Å². The Bertz CT molecular complexity index is 367. The van der Waals surface area contributed by atoms with Gasteiger partial charge in [-0.2, -0.15) is 0 Å². The monoisotopic (exact) mass is 248 g/mol. The minimum Gasteiger partial charge on any atom is -0.376 e. The molecule has 2 rings (SSSR count). The first kappa shape index (κ1) is 13.5. The minimum atomic E-state index is 0.654. The lowest BCUT2D eigenvalue weighted by molar-refractivity contribution is 0.0511. The van der Waals surface area contributed by atoms with Crippen molar-refractivity contribution >= 4 is 0 Å². The van der Waals surface area contributed by atoms with Crippen LogP contribution in [0.5, 0.6) is 0 Å². The Balaban J connectivity index is 1.77. The highest BCUT2D eigenvalue weighted by molar-refractivity contribution is 5.15. The predicted octanol–water partition coefficient (Wildman–Crippen LogP) is 2.67. The zero-order valence-electron chi connectivity index (χ0n) is 11.3. The molecule has 3 heteroatoms. The molecule has 0 spiro atoms. The Labute approximate surface area is 110 Å². The summed E-state index contributed by atoms with van der Waals surface area (Å²) in [6.07, 6.45) is 8.96. The molecule has 1 aromatic rings. The van der Waals surface area contributed by atoms with E-state index < -0.39 is 0 Å². The molecule has 0 amide bonds. The quantitative estimate of drug-likeness (QED) is 0.871. The summed E-state index contributed by atoms with van der Waals surface area (Å²) in [5.41, 5.74) is 8.18. The highest BCUT2D eigenvalue weighted by Gasteiger charge is 2.23. The molecule has 100 valence electrons. The van der Waals surface area contributed by atoms with Gasteiger partial charge < -0.3 is 10.5 Å². The molecular weight excluding hydrogens is 224 g/mol. The van der Waals surface area contributed by atoms with Crippen LogP contribution in [0.2, 0.25) is 0 Å². The van der Waals surface area contributed by atoms with Gasteiger partial charge >= 0.3 is 0 Å². The van der Waals surface area contributed by atoms with Crippen molar-refractivity contribution in [2.45, 2.75) is 39.2 Å². The molecule has 1 aliphatic carbocycles. The van der Waals surface area contributed by atoms with E-state index >= 15 is 0 Å². The number of pyridine rings is 1. The predicted molar refractivity (Wildman–Crippen MR) is 73.1 cm³/mol. The summed E-state index contributed by atoms with van der Waals surface area (Å²) in [7, 11) is 0. The normalized spacial score (nSPS) is 24.1. The molecule has 1 heterocycles. The second-order valence-corrected chi connectivity index (χ2v) is 5.43. The van der Waals surface area contributed by atoms with Gasteiger partial charge in [0.1, 0.15) is 0 Å². The fourth-order valence-electron chi connectivity index (χ4n) is 2.84. The summed E-state index contributed by atoms with van der Waals surface area (Å²) >= 11 is 0. The first-order valence-corrected chi connectivity index (χ1v) is 6.98. The molecule has 18 heavy (non-hydrogen) atoms. The lowest BCUT2D eigenvalue weighted by Gasteiger charge is -2.30. The Morgan fingerprint density at radius 1 is 1.28 bits per heavy atom. The Morgan fingerprint density at radius 2 is 2.06 bits per heavy atom. The van der Waals surface area contributed by atoms with Gasteiger partial charge in [0.25, 0.3) is 0 Å². The van der Waals surface area contributed by atoms with Crippen molar-refractivity contribution in [1.29, 1.82) is 0 Å². The summed E-state index contributed by atoms with van der Waals surface area (Å²) < 4.78 is 5.85. The molecule has 0 aromatic carbocycles. The molecule has 0 saturated heterocycles. The van der Waals surface area contributed by atoms with E-state index in [1.54, 1.807) is 0 Å². The summed E-state index contributed by atoms with van der Waals surface area (Å²) in [5.74, 6) is 1.32. The highest BCUT2D eigenvalue weighted by Crippen LogP contribution is 2.29. The first-order chi connectivity index (χ1) is 8.79. The van der Waals surface area contributed by atoms with Crippen molar-refractivity contribution in [1.82, 2.24) is 4.98 Å². The number of nitrogens with zero attached hydrogens (tertiary/aromatic N) is 1. The molecule has 0 aliphatic heterocycles. The van der Waals surface area contributed by atoms with Crippen LogP contribution in [0.15, 0.2) is 18.5 Å². The van der Waals surface area contributed by atoms with E-state index in [1.807, 2.05) is 12.4 Å². The van der Waals surface area contributed by atoms with Gasteiger partial charge in [-0.3, -0.25) is 4.98 Å². The topological polar surface area (TPSA) is 48.1 Å². The number of rotatable bonds is 5. The van der Waals surface area contributed by atoms with Crippen LogP contribution in [0.3, 0.4) is 0 Å². The van der Waals surface area contributed by atoms with Crippen LogP contribution in [0, 0.1) is 18.8 Å². The molecule has 1 aliphatic rings. The number of ether oxygens (including phenoxy) is 1. The maximum absolute atomic E-state index is 5.85. The lowest BCUT2D eigenvalue weighted by atomic mass is 9.80. The number of nitrogens with two attached hydrogens (primary N) is 1. The van der Waals surface area contributed by atoms with Gasteiger partial charge in [0.05, 0.1) is 13.2 Å². The minimum absolute atomic E-state index is 0.654. The van der Waals surface area contributed by atoms with Gasteiger partial charge in [0.15, 0.2) is 0 Å². The molecule has 1 fully saturated rings. The van der Waals surface area contributed by atoms with Crippen molar-refractivity contribution in [2.24, 2.45) is 17.6 Å². The van der Waals surface area contributed by atoms with E-state index in [1.165, 1.54) is 31.2 Å². The van der Waals surface area contributed by atoms with E-state index in [-0.39, 0.29) is 0 Å². The number of hydrogen-bond acceptors (Lipinski definition) is 3. The van der Waals surface area contributed by atoms with Crippen molar-refractivity contribution in [3.8, 4) is 0 Å². The van der Waals surface area contributed by atoms with Gasteiger partial charge in [-0.1, -0.05) is 18.9 Å². The van der Waals surface area contributed by atoms with Gasteiger partial charge in [0, 0.05) is 12.4 Å². The summed E-state index contributed by atoms with van der Waals surface area (Å²) in [4.78, 5) is 4.18. The van der Waals surface area contributed by atoms with E-state index in [4.69, 9.17) is 10.5 Å². The average molecular weight is 248 g/mol. The lowest BCUT2D eigenvalue weighted by Crippen LogP contribution is -2.29. The summed E-state index contributed by atoms with van der Waals surface area (Å²) in [6.45, 7) is 4.38. The van der Waals surface area contributed by atoms with Gasteiger partial charge in [-0.15, -0.1) is 0 Å². The third-order valence-electron chi connectivity index (χ3n) is 3.90. The van der Waals surface area contributed by atoms with Gasteiger partial charge in [-0.25, -0.2) is 0 Å². The highest BCUT2D eigenvalue weighted by atomic mass is 16.5. The smallest absolute Gasteiger partial charge is 0.0732 e. The van der Waals surface area contributed by atoms with Gasteiger partial charge in [-0.05, 0) is 49.3 Å². The van der Waals surface area contributed by atoms with Crippen LogP contribution in [0.1, 0.15) is 36.8 Å². The molecule has 1 saturated carbocycles. The molecule has 2 atom stereocenters. The SMILES string of the molecule is Cc1cncc(COCC2CCCCC2CN)c1. The van der Waals surface area contributed by atoms with E-state index in [9.17, 15) is 0 Å². The molecule has 1 aromatic heterocycles. The van der Waals surface area contributed by atoms with Crippen molar-refractivity contribution in [2.75, 3.05) is 13.2 Å². The van der Waals surface area contributed by atoms with Crippen molar-refractivity contribution in [3.63, 3.8) is 0 Å². The third-order valence-corrected chi connectivity index (χ3v) is 3.90. The van der Waals surface area contributed by atoms with Crippen LogP contribution in [0.4, 0.5) is 0 Å². The Hall–Kier alpha value is -0.930. The molecule has 2 N–H and O–H groups in total. The van der Waals surface area contributed by atoms with E-state index in [0.29, 0.717) is 18.4 Å². The fourth-order valence-corrected chi connectivity index (χ4v) is 2.84. The molecule has 0 bridgehead atoms. The number of hydrogen-bond donors (Lipinski definition) is 1. The van der Waals surface area contributed by atoms with Crippen LogP contribution in [0.25, 0.3) is 0 Å². The maximum Gasteiger partial charge on any atom is 0.0732 e. The van der Waals surface area contributed by atoms with Crippen LogP contribution in [-0.2, 0) is 11.3 Å².